The average molecular weight is 308 g/mol. The van der Waals surface area contributed by atoms with Crippen LogP contribution in [0.25, 0.3) is 0 Å². The summed E-state index contributed by atoms with van der Waals surface area (Å²) in [7, 11) is 0. The standard InChI is InChI=1S/C15H11F3N2O2/c16-15(17,18)11-3-7-13(8-4-11)20-14(22)19-12-5-1-10(9-21)2-6-12/h1-9H,(H2,19,20,22). The van der Waals surface area contributed by atoms with Gasteiger partial charge in [0.1, 0.15) is 6.29 Å². The van der Waals surface area contributed by atoms with Gasteiger partial charge in [-0.05, 0) is 48.5 Å². The van der Waals surface area contributed by atoms with Crippen LogP contribution in [0.4, 0.5) is 29.3 Å². The van der Waals surface area contributed by atoms with Gasteiger partial charge in [0.2, 0.25) is 0 Å². The molecule has 7 heteroatoms. The first-order valence-corrected chi connectivity index (χ1v) is 6.19. The number of urea groups is 1. The lowest BCUT2D eigenvalue weighted by Crippen LogP contribution is -2.19. The fourth-order valence-corrected chi connectivity index (χ4v) is 1.68. The van der Waals surface area contributed by atoms with Crippen LogP contribution in [-0.2, 0) is 6.18 Å². The molecule has 0 fully saturated rings. The first kappa shape index (κ1) is 15.6. The molecule has 114 valence electrons. The lowest BCUT2D eigenvalue weighted by atomic mass is 10.2. The van der Waals surface area contributed by atoms with Crippen LogP contribution in [0.1, 0.15) is 15.9 Å². The zero-order valence-corrected chi connectivity index (χ0v) is 11.1. The van der Waals surface area contributed by atoms with Gasteiger partial charge in [-0.2, -0.15) is 13.2 Å². The molecular formula is C15H11F3N2O2. The highest BCUT2D eigenvalue weighted by Crippen LogP contribution is 2.29. The lowest BCUT2D eigenvalue weighted by molar-refractivity contribution is -0.137. The molecule has 2 N–H and O–H groups in total. The fourth-order valence-electron chi connectivity index (χ4n) is 1.68. The monoisotopic (exact) mass is 308 g/mol. The molecule has 0 aliphatic heterocycles. The molecule has 0 heterocycles. The number of benzene rings is 2. The highest BCUT2D eigenvalue weighted by Gasteiger charge is 2.29. The summed E-state index contributed by atoms with van der Waals surface area (Å²) in [6.45, 7) is 0. The third-order valence-corrected chi connectivity index (χ3v) is 2.77. The van der Waals surface area contributed by atoms with Crippen molar-refractivity contribution in [3.8, 4) is 0 Å². The molecule has 0 bridgehead atoms. The van der Waals surface area contributed by atoms with Gasteiger partial charge in [-0.1, -0.05) is 0 Å². The number of hydrogen-bond acceptors (Lipinski definition) is 2. The Kier molecular flexibility index (Phi) is 4.45. The van der Waals surface area contributed by atoms with Gasteiger partial charge in [0.15, 0.2) is 0 Å². The number of anilines is 2. The summed E-state index contributed by atoms with van der Waals surface area (Å²) in [5.41, 5.74) is 0.363. The number of carbonyl (C=O) groups excluding carboxylic acids is 2. The Morgan fingerprint density at radius 2 is 1.32 bits per heavy atom. The molecule has 0 aromatic heterocycles. The molecule has 0 saturated heterocycles. The topological polar surface area (TPSA) is 58.2 Å². The molecule has 2 aromatic carbocycles. The number of aldehydes is 1. The smallest absolute Gasteiger partial charge is 0.308 e. The highest BCUT2D eigenvalue weighted by molar-refractivity contribution is 5.99. The summed E-state index contributed by atoms with van der Waals surface area (Å²) in [6, 6.07) is 9.63. The van der Waals surface area contributed by atoms with Crippen molar-refractivity contribution >= 4 is 23.7 Å². The Labute approximate surface area is 124 Å². The van der Waals surface area contributed by atoms with Gasteiger partial charge in [0.05, 0.1) is 5.56 Å². The first-order valence-electron chi connectivity index (χ1n) is 6.19. The van der Waals surface area contributed by atoms with E-state index in [1.54, 1.807) is 0 Å². The van der Waals surface area contributed by atoms with Crippen LogP contribution < -0.4 is 10.6 Å². The summed E-state index contributed by atoms with van der Waals surface area (Å²) in [6.07, 6.45) is -3.74. The summed E-state index contributed by atoms with van der Waals surface area (Å²) in [5.74, 6) is 0. The van der Waals surface area contributed by atoms with Crippen LogP contribution in [0.2, 0.25) is 0 Å². The molecule has 22 heavy (non-hydrogen) atoms. The molecule has 0 aliphatic rings. The number of carbonyl (C=O) groups is 2. The average Bonchev–Trinajstić information content (AvgIpc) is 2.47. The van der Waals surface area contributed by atoms with E-state index in [0.717, 1.165) is 24.3 Å². The number of alkyl halides is 3. The van der Waals surface area contributed by atoms with Crippen LogP contribution in [0.5, 0.6) is 0 Å². The van der Waals surface area contributed by atoms with Crippen LogP contribution >= 0.6 is 0 Å². The van der Waals surface area contributed by atoms with Crippen molar-refractivity contribution in [2.45, 2.75) is 6.18 Å². The number of nitrogens with one attached hydrogen (secondary N) is 2. The molecule has 2 rings (SSSR count). The van der Waals surface area contributed by atoms with Crippen molar-refractivity contribution < 1.29 is 22.8 Å². The van der Waals surface area contributed by atoms with E-state index in [-0.39, 0.29) is 5.69 Å². The molecule has 2 aromatic rings. The number of rotatable bonds is 3. The van der Waals surface area contributed by atoms with E-state index in [9.17, 15) is 22.8 Å². The minimum Gasteiger partial charge on any atom is -0.308 e. The summed E-state index contributed by atoms with van der Waals surface area (Å²) in [4.78, 5) is 22.2. The van der Waals surface area contributed by atoms with E-state index >= 15 is 0 Å². The van der Waals surface area contributed by atoms with E-state index in [1.165, 1.54) is 24.3 Å². The Morgan fingerprint density at radius 1 is 0.864 bits per heavy atom. The van der Waals surface area contributed by atoms with E-state index in [4.69, 9.17) is 0 Å². The number of hydrogen-bond donors (Lipinski definition) is 2. The maximum atomic E-state index is 12.4. The predicted molar refractivity (Wildman–Crippen MR) is 75.9 cm³/mol. The second-order valence-corrected chi connectivity index (χ2v) is 4.39. The molecule has 0 radical (unpaired) electrons. The molecule has 0 spiro atoms. The number of halogens is 3. The number of amides is 2. The second kappa shape index (κ2) is 6.30. The van der Waals surface area contributed by atoms with Gasteiger partial charge in [0, 0.05) is 16.9 Å². The van der Waals surface area contributed by atoms with E-state index in [2.05, 4.69) is 10.6 Å². The molecule has 0 aliphatic carbocycles. The summed E-state index contributed by atoms with van der Waals surface area (Å²) >= 11 is 0. The zero-order chi connectivity index (χ0) is 16.2. The molecule has 2 amide bonds. The molecule has 0 saturated carbocycles. The van der Waals surface area contributed by atoms with Crippen molar-refractivity contribution in [3.05, 3.63) is 59.7 Å². The lowest BCUT2D eigenvalue weighted by Gasteiger charge is -2.10. The van der Waals surface area contributed by atoms with Crippen molar-refractivity contribution in [2.24, 2.45) is 0 Å². The van der Waals surface area contributed by atoms with Crippen molar-refractivity contribution in [2.75, 3.05) is 10.6 Å². The van der Waals surface area contributed by atoms with Crippen LogP contribution in [0, 0.1) is 0 Å². The minimum absolute atomic E-state index is 0.231. The Hall–Kier alpha value is -2.83. The molecule has 4 nitrogen and oxygen atoms in total. The van der Waals surface area contributed by atoms with Crippen molar-refractivity contribution in [1.82, 2.24) is 0 Å². The van der Waals surface area contributed by atoms with Crippen molar-refractivity contribution in [3.63, 3.8) is 0 Å². The highest BCUT2D eigenvalue weighted by atomic mass is 19.4. The third kappa shape index (κ3) is 4.08. The van der Waals surface area contributed by atoms with Crippen LogP contribution in [-0.4, -0.2) is 12.3 Å². The van der Waals surface area contributed by atoms with E-state index in [0.29, 0.717) is 17.5 Å². The molecule has 0 unspecified atom stereocenters. The SMILES string of the molecule is O=Cc1ccc(NC(=O)Nc2ccc(C(F)(F)F)cc2)cc1. The van der Waals surface area contributed by atoms with Gasteiger partial charge in [0.25, 0.3) is 0 Å². The van der Waals surface area contributed by atoms with Gasteiger partial charge >= 0.3 is 12.2 Å². The predicted octanol–water partition coefficient (Wildman–Crippen LogP) is 4.16. The summed E-state index contributed by atoms with van der Waals surface area (Å²) in [5, 5.41) is 4.91. The Balaban J connectivity index is 1.98. The Bertz CT molecular complexity index is 665. The molecular weight excluding hydrogens is 297 g/mol. The third-order valence-electron chi connectivity index (χ3n) is 2.77. The quantitative estimate of drug-likeness (QED) is 0.836. The second-order valence-electron chi connectivity index (χ2n) is 4.39. The van der Waals surface area contributed by atoms with Gasteiger partial charge in [-0.3, -0.25) is 4.79 Å². The maximum Gasteiger partial charge on any atom is 0.416 e. The van der Waals surface area contributed by atoms with E-state index in [1.807, 2.05) is 0 Å². The fraction of sp³-hybridized carbons (Fsp3) is 0.0667. The van der Waals surface area contributed by atoms with Crippen molar-refractivity contribution in [1.29, 1.82) is 0 Å². The summed E-state index contributed by atoms with van der Waals surface area (Å²) < 4.78 is 37.2. The minimum atomic E-state index is -4.42. The zero-order valence-electron chi connectivity index (χ0n) is 11.1. The van der Waals surface area contributed by atoms with Gasteiger partial charge in [-0.15, -0.1) is 0 Å². The van der Waals surface area contributed by atoms with Crippen LogP contribution in [0.15, 0.2) is 48.5 Å². The first-order chi connectivity index (χ1) is 10.4. The maximum absolute atomic E-state index is 12.4. The largest absolute Gasteiger partial charge is 0.416 e. The van der Waals surface area contributed by atoms with E-state index < -0.39 is 17.8 Å². The molecule has 0 atom stereocenters. The normalized spacial score (nSPS) is 10.9. The van der Waals surface area contributed by atoms with Crippen LogP contribution in [0.3, 0.4) is 0 Å². The van der Waals surface area contributed by atoms with Gasteiger partial charge < -0.3 is 10.6 Å². The Morgan fingerprint density at radius 3 is 1.73 bits per heavy atom. The van der Waals surface area contributed by atoms with Gasteiger partial charge in [-0.25, -0.2) is 4.79 Å².